The van der Waals surface area contributed by atoms with Crippen LogP contribution in [-0.2, 0) is 22.3 Å². The van der Waals surface area contributed by atoms with Gasteiger partial charge in [0.1, 0.15) is 11.5 Å². The van der Waals surface area contributed by atoms with Crippen molar-refractivity contribution >= 4 is 12.3 Å². The molecule has 0 spiro atoms. The molecule has 0 saturated heterocycles. The van der Waals surface area contributed by atoms with Crippen molar-refractivity contribution in [3.63, 3.8) is 0 Å². The van der Waals surface area contributed by atoms with Crippen molar-refractivity contribution in [1.82, 2.24) is 0 Å². The molecule has 162 valence electrons. The predicted molar refractivity (Wildman–Crippen MR) is 114 cm³/mol. The Kier molecular flexibility index (Phi) is 10.3. The third kappa shape index (κ3) is 8.99. The monoisotopic (exact) mass is 414 g/mol. The van der Waals surface area contributed by atoms with Crippen LogP contribution in [-0.4, -0.2) is 25.5 Å². The molecule has 0 unspecified atom stereocenters. The van der Waals surface area contributed by atoms with Gasteiger partial charge in [-0.05, 0) is 73.9 Å². The van der Waals surface area contributed by atoms with E-state index in [9.17, 15) is 9.59 Å². The van der Waals surface area contributed by atoms with Gasteiger partial charge in [-0.25, -0.2) is 9.59 Å². The number of carbonyl (C=O) groups is 2. The molecule has 0 bridgehead atoms. The van der Waals surface area contributed by atoms with E-state index in [0.29, 0.717) is 24.7 Å². The summed E-state index contributed by atoms with van der Waals surface area (Å²) in [5.41, 5.74) is 2.36. The highest BCUT2D eigenvalue weighted by molar-refractivity contribution is 5.64. The summed E-state index contributed by atoms with van der Waals surface area (Å²) in [6.07, 6.45) is 3.63. The molecule has 0 saturated carbocycles. The standard InChI is InChI=1S/C24H30O6/c1-3-19-9-13-21(14-10-19)29-23(25)27-17-7-5-6-8-18-28-24(26)30-22-15-11-20(4-2)12-16-22/h9-16H,3-8,17-18H2,1-2H3. The molecule has 30 heavy (non-hydrogen) atoms. The summed E-state index contributed by atoms with van der Waals surface area (Å²) in [6, 6.07) is 14.7. The second-order valence-electron chi connectivity index (χ2n) is 6.81. The highest BCUT2D eigenvalue weighted by atomic mass is 16.7. The van der Waals surface area contributed by atoms with E-state index in [-0.39, 0.29) is 0 Å². The zero-order valence-electron chi connectivity index (χ0n) is 17.7. The molecule has 6 nitrogen and oxygen atoms in total. The summed E-state index contributed by atoms with van der Waals surface area (Å²) < 4.78 is 20.4. The smallest absolute Gasteiger partial charge is 0.434 e. The van der Waals surface area contributed by atoms with Crippen molar-refractivity contribution in [1.29, 1.82) is 0 Å². The van der Waals surface area contributed by atoms with Crippen LogP contribution in [0.5, 0.6) is 11.5 Å². The minimum absolute atomic E-state index is 0.294. The Morgan fingerprint density at radius 1 is 0.600 bits per heavy atom. The molecule has 0 atom stereocenters. The van der Waals surface area contributed by atoms with Crippen molar-refractivity contribution in [2.75, 3.05) is 13.2 Å². The van der Waals surface area contributed by atoms with Crippen LogP contribution in [0, 0.1) is 0 Å². The Labute approximate surface area is 178 Å². The van der Waals surface area contributed by atoms with E-state index in [2.05, 4.69) is 13.8 Å². The van der Waals surface area contributed by atoms with Gasteiger partial charge < -0.3 is 18.9 Å². The molecule has 2 aromatic carbocycles. The lowest BCUT2D eigenvalue weighted by Gasteiger charge is -2.07. The van der Waals surface area contributed by atoms with Crippen LogP contribution in [0.2, 0.25) is 0 Å². The SMILES string of the molecule is CCc1ccc(OC(=O)OCCCCCCOC(=O)Oc2ccc(CC)cc2)cc1. The number of hydrogen-bond donors (Lipinski definition) is 0. The normalized spacial score (nSPS) is 10.3. The Balaban J connectivity index is 1.47. The number of ether oxygens (including phenoxy) is 4. The van der Waals surface area contributed by atoms with E-state index in [0.717, 1.165) is 38.5 Å². The molecule has 6 heteroatoms. The number of hydrogen-bond acceptors (Lipinski definition) is 6. The molecular weight excluding hydrogens is 384 g/mol. The minimum atomic E-state index is -0.697. The maximum atomic E-state index is 11.6. The number of carbonyl (C=O) groups excluding carboxylic acids is 2. The van der Waals surface area contributed by atoms with Crippen molar-refractivity contribution in [3.8, 4) is 11.5 Å². The molecule has 2 aromatic rings. The van der Waals surface area contributed by atoms with E-state index < -0.39 is 12.3 Å². The quantitative estimate of drug-likeness (QED) is 0.251. The summed E-state index contributed by atoms with van der Waals surface area (Å²) in [5.74, 6) is 0.949. The van der Waals surface area contributed by atoms with Crippen LogP contribution in [0.1, 0.15) is 50.7 Å². The molecule has 0 N–H and O–H groups in total. The summed E-state index contributed by atoms with van der Waals surface area (Å²) in [4.78, 5) is 23.3. The van der Waals surface area contributed by atoms with Crippen LogP contribution in [0.3, 0.4) is 0 Å². The Hall–Kier alpha value is -3.02. The Morgan fingerprint density at radius 2 is 0.967 bits per heavy atom. The molecule has 0 amide bonds. The van der Waals surface area contributed by atoms with Gasteiger partial charge in [0.05, 0.1) is 13.2 Å². The Morgan fingerprint density at radius 3 is 1.30 bits per heavy atom. The molecule has 0 aromatic heterocycles. The number of aryl methyl sites for hydroxylation is 2. The fraction of sp³-hybridized carbons (Fsp3) is 0.417. The summed E-state index contributed by atoms with van der Waals surface area (Å²) >= 11 is 0. The first-order valence-electron chi connectivity index (χ1n) is 10.5. The molecule has 0 aliphatic carbocycles. The maximum absolute atomic E-state index is 11.6. The fourth-order valence-corrected chi connectivity index (χ4v) is 2.71. The van der Waals surface area contributed by atoms with Crippen LogP contribution in [0.15, 0.2) is 48.5 Å². The van der Waals surface area contributed by atoms with E-state index in [1.54, 1.807) is 24.3 Å². The fourth-order valence-electron chi connectivity index (χ4n) is 2.71. The lowest BCUT2D eigenvalue weighted by Crippen LogP contribution is -2.12. The molecule has 0 aliphatic rings. The largest absolute Gasteiger partial charge is 0.513 e. The van der Waals surface area contributed by atoms with Crippen molar-refractivity contribution < 1.29 is 28.5 Å². The number of benzene rings is 2. The van der Waals surface area contributed by atoms with Crippen LogP contribution < -0.4 is 9.47 Å². The predicted octanol–water partition coefficient (Wildman–Crippen LogP) is 6.10. The molecule has 0 aliphatic heterocycles. The highest BCUT2D eigenvalue weighted by Gasteiger charge is 2.07. The summed E-state index contributed by atoms with van der Waals surface area (Å²) in [7, 11) is 0. The van der Waals surface area contributed by atoms with Crippen molar-refractivity contribution in [2.24, 2.45) is 0 Å². The van der Waals surface area contributed by atoms with Crippen molar-refractivity contribution in [3.05, 3.63) is 59.7 Å². The second kappa shape index (κ2) is 13.2. The molecule has 0 fully saturated rings. The zero-order chi connectivity index (χ0) is 21.6. The first-order chi connectivity index (χ1) is 14.6. The van der Waals surface area contributed by atoms with Crippen LogP contribution in [0.25, 0.3) is 0 Å². The van der Waals surface area contributed by atoms with E-state index in [1.807, 2.05) is 24.3 Å². The highest BCUT2D eigenvalue weighted by Crippen LogP contribution is 2.14. The third-order valence-corrected chi connectivity index (χ3v) is 4.54. The molecule has 0 radical (unpaired) electrons. The molecular formula is C24H30O6. The van der Waals surface area contributed by atoms with Crippen LogP contribution in [0.4, 0.5) is 9.59 Å². The van der Waals surface area contributed by atoms with Gasteiger partial charge in [-0.1, -0.05) is 38.1 Å². The molecule has 0 heterocycles. The topological polar surface area (TPSA) is 71.1 Å². The molecule has 2 rings (SSSR count). The lowest BCUT2D eigenvalue weighted by atomic mass is 10.2. The summed E-state index contributed by atoms with van der Waals surface area (Å²) in [6.45, 7) is 4.72. The minimum Gasteiger partial charge on any atom is -0.434 e. The van der Waals surface area contributed by atoms with Gasteiger partial charge in [0, 0.05) is 0 Å². The number of rotatable bonds is 11. The average molecular weight is 414 g/mol. The van der Waals surface area contributed by atoms with Gasteiger partial charge in [-0.15, -0.1) is 0 Å². The third-order valence-electron chi connectivity index (χ3n) is 4.54. The van der Waals surface area contributed by atoms with E-state index in [4.69, 9.17) is 18.9 Å². The lowest BCUT2D eigenvalue weighted by molar-refractivity contribution is 0.0927. The van der Waals surface area contributed by atoms with Crippen LogP contribution >= 0.6 is 0 Å². The maximum Gasteiger partial charge on any atom is 0.513 e. The van der Waals surface area contributed by atoms with Gasteiger partial charge >= 0.3 is 12.3 Å². The summed E-state index contributed by atoms with van der Waals surface area (Å²) in [5, 5.41) is 0. The van der Waals surface area contributed by atoms with Gasteiger partial charge in [0.15, 0.2) is 0 Å². The Bertz CT molecular complexity index is 700. The van der Waals surface area contributed by atoms with Gasteiger partial charge in [0.2, 0.25) is 0 Å². The van der Waals surface area contributed by atoms with E-state index in [1.165, 1.54) is 11.1 Å². The van der Waals surface area contributed by atoms with Gasteiger partial charge in [0.25, 0.3) is 0 Å². The van der Waals surface area contributed by atoms with E-state index >= 15 is 0 Å². The van der Waals surface area contributed by atoms with Crippen molar-refractivity contribution in [2.45, 2.75) is 52.4 Å². The zero-order valence-corrected chi connectivity index (χ0v) is 17.7. The first kappa shape index (κ1) is 23.3. The van der Waals surface area contributed by atoms with Gasteiger partial charge in [-0.2, -0.15) is 0 Å². The number of unbranched alkanes of at least 4 members (excludes halogenated alkanes) is 3. The second-order valence-corrected chi connectivity index (χ2v) is 6.81. The average Bonchev–Trinajstić information content (AvgIpc) is 2.76. The van der Waals surface area contributed by atoms with Gasteiger partial charge in [-0.3, -0.25) is 0 Å². The first-order valence-corrected chi connectivity index (χ1v) is 10.5.